The summed E-state index contributed by atoms with van der Waals surface area (Å²) in [5.41, 5.74) is 2.60. The Morgan fingerprint density at radius 2 is 1.91 bits per heavy atom. The number of hydrogen-bond donors (Lipinski definition) is 2. The molecule has 0 aliphatic rings. The summed E-state index contributed by atoms with van der Waals surface area (Å²) in [5.74, 6) is 0.602. The summed E-state index contributed by atoms with van der Waals surface area (Å²) >= 11 is 7.28. The number of thiazole rings is 1. The molecule has 0 aliphatic carbocycles. The Morgan fingerprint density at radius 3 is 2.55 bits per heavy atom. The minimum Gasteiger partial charge on any atom is -0.360 e. The maximum Gasteiger partial charge on any atom is 0.263 e. The zero-order chi connectivity index (χ0) is 23.4. The van der Waals surface area contributed by atoms with Crippen molar-refractivity contribution in [3.05, 3.63) is 82.0 Å². The summed E-state index contributed by atoms with van der Waals surface area (Å²) in [7, 11) is -3.81. The van der Waals surface area contributed by atoms with Crippen LogP contribution in [0.25, 0.3) is 16.8 Å². The van der Waals surface area contributed by atoms with Crippen LogP contribution in [0.5, 0.6) is 0 Å². The second-order valence-corrected chi connectivity index (χ2v) is 9.79. The normalized spacial score (nSPS) is 11.7. The first-order valence-electron chi connectivity index (χ1n) is 9.49. The lowest BCUT2D eigenvalue weighted by Crippen LogP contribution is -2.13. The van der Waals surface area contributed by atoms with Gasteiger partial charge in [-0.3, -0.25) is 4.72 Å². The number of anilines is 2. The van der Waals surface area contributed by atoms with Crippen LogP contribution in [0.3, 0.4) is 0 Å². The second kappa shape index (κ2) is 9.46. The Hall–Kier alpha value is -3.65. The van der Waals surface area contributed by atoms with Gasteiger partial charge >= 0.3 is 0 Å². The molecular weight excluding hydrogens is 482 g/mol. The summed E-state index contributed by atoms with van der Waals surface area (Å²) < 4.78 is 32.2. The van der Waals surface area contributed by atoms with Crippen LogP contribution in [-0.4, -0.2) is 18.6 Å². The number of halogens is 1. The lowest BCUT2D eigenvalue weighted by Gasteiger charge is -2.06. The predicted octanol–water partition coefficient (Wildman–Crippen LogP) is 5.54. The molecule has 8 nitrogen and oxygen atoms in total. The Balaban J connectivity index is 1.47. The van der Waals surface area contributed by atoms with E-state index in [1.165, 1.54) is 35.7 Å². The Morgan fingerprint density at radius 1 is 1.18 bits per heavy atom. The fourth-order valence-corrected chi connectivity index (χ4v) is 4.69. The van der Waals surface area contributed by atoms with Crippen molar-refractivity contribution in [2.75, 3.05) is 10.0 Å². The SMILES string of the molecule is Cc1cc(NS(=O)(=O)c2ccc(N/C=C(/C#N)c3nc(-c4ccc(Cl)cc4)cs3)cc2)no1. The number of nitriles is 1. The summed E-state index contributed by atoms with van der Waals surface area (Å²) in [5, 5.41) is 19.3. The number of nitrogens with one attached hydrogen (secondary N) is 2. The molecule has 0 unspecified atom stereocenters. The van der Waals surface area contributed by atoms with Crippen molar-refractivity contribution < 1.29 is 12.9 Å². The first-order valence-corrected chi connectivity index (χ1v) is 12.2. The molecule has 0 aliphatic heterocycles. The van der Waals surface area contributed by atoms with E-state index in [0.29, 0.717) is 27.1 Å². The summed E-state index contributed by atoms with van der Waals surface area (Å²) in [6.45, 7) is 1.67. The van der Waals surface area contributed by atoms with Crippen LogP contribution in [0, 0.1) is 18.3 Å². The van der Waals surface area contributed by atoms with Gasteiger partial charge in [-0.05, 0) is 43.3 Å². The van der Waals surface area contributed by atoms with Gasteiger partial charge in [-0.25, -0.2) is 13.4 Å². The molecule has 0 saturated carbocycles. The quantitative estimate of drug-likeness (QED) is 0.321. The van der Waals surface area contributed by atoms with E-state index in [9.17, 15) is 13.7 Å². The third-order valence-electron chi connectivity index (χ3n) is 4.41. The lowest BCUT2D eigenvalue weighted by molar-refractivity contribution is 0.400. The molecule has 11 heteroatoms. The molecule has 33 heavy (non-hydrogen) atoms. The molecule has 0 radical (unpaired) electrons. The topological polar surface area (TPSA) is 121 Å². The Kier molecular flexibility index (Phi) is 6.46. The molecule has 0 saturated heterocycles. The number of allylic oxidation sites excluding steroid dienone is 1. The van der Waals surface area contributed by atoms with E-state index in [4.69, 9.17) is 16.1 Å². The average molecular weight is 498 g/mol. The Labute approximate surface area is 199 Å². The molecule has 0 amide bonds. The van der Waals surface area contributed by atoms with Gasteiger partial charge in [0.05, 0.1) is 10.6 Å². The zero-order valence-corrected chi connectivity index (χ0v) is 19.5. The third kappa shape index (κ3) is 5.40. The van der Waals surface area contributed by atoms with Crippen LogP contribution in [-0.2, 0) is 10.0 Å². The summed E-state index contributed by atoms with van der Waals surface area (Å²) in [6.07, 6.45) is 1.53. The van der Waals surface area contributed by atoms with Crippen LogP contribution < -0.4 is 10.0 Å². The van der Waals surface area contributed by atoms with Crippen LogP contribution >= 0.6 is 22.9 Å². The standard InChI is InChI=1S/C22H16ClN5O3S2/c1-14-10-21(27-31-14)28-33(29,30)19-8-6-18(7-9-19)25-12-16(11-24)22-26-20(13-32-22)15-2-4-17(23)5-3-15/h2-10,12-13,25H,1H3,(H,27,28)/b16-12-. The van der Waals surface area contributed by atoms with Gasteiger partial charge in [0.2, 0.25) is 0 Å². The molecule has 2 heterocycles. The molecular formula is C22H16ClN5O3S2. The first-order chi connectivity index (χ1) is 15.8. The second-order valence-electron chi connectivity index (χ2n) is 6.81. The highest BCUT2D eigenvalue weighted by molar-refractivity contribution is 7.92. The van der Waals surface area contributed by atoms with Crippen molar-refractivity contribution in [2.24, 2.45) is 0 Å². The number of benzene rings is 2. The van der Waals surface area contributed by atoms with Crippen LogP contribution in [0.15, 0.2) is 75.6 Å². The highest BCUT2D eigenvalue weighted by Gasteiger charge is 2.16. The van der Waals surface area contributed by atoms with Crippen molar-refractivity contribution in [2.45, 2.75) is 11.8 Å². The minimum atomic E-state index is -3.81. The van der Waals surface area contributed by atoms with Crippen molar-refractivity contribution in [3.63, 3.8) is 0 Å². The molecule has 2 N–H and O–H groups in total. The minimum absolute atomic E-state index is 0.0609. The number of sulfonamides is 1. The van der Waals surface area contributed by atoms with Gasteiger partial charge in [0.1, 0.15) is 22.4 Å². The van der Waals surface area contributed by atoms with E-state index in [0.717, 1.165) is 11.3 Å². The monoisotopic (exact) mass is 497 g/mol. The number of aryl methyl sites for hydroxylation is 1. The molecule has 0 fully saturated rings. The highest BCUT2D eigenvalue weighted by atomic mass is 35.5. The molecule has 4 rings (SSSR count). The fourth-order valence-electron chi connectivity index (χ4n) is 2.79. The number of hydrogen-bond acceptors (Lipinski definition) is 8. The molecule has 0 atom stereocenters. The van der Waals surface area contributed by atoms with Crippen molar-refractivity contribution in [3.8, 4) is 17.3 Å². The van der Waals surface area contributed by atoms with Gasteiger partial charge in [-0.2, -0.15) is 5.26 Å². The molecule has 0 bridgehead atoms. The van der Waals surface area contributed by atoms with E-state index in [2.05, 4.69) is 26.2 Å². The maximum absolute atomic E-state index is 12.5. The highest BCUT2D eigenvalue weighted by Crippen LogP contribution is 2.27. The summed E-state index contributed by atoms with van der Waals surface area (Å²) in [6, 6.07) is 17.0. The Bertz CT molecular complexity index is 1450. The number of aromatic nitrogens is 2. The van der Waals surface area contributed by atoms with E-state index >= 15 is 0 Å². The smallest absolute Gasteiger partial charge is 0.263 e. The lowest BCUT2D eigenvalue weighted by atomic mass is 10.2. The van der Waals surface area contributed by atoms with Crippen molar-refractivity contribution in [1.29, 1.82) is 5.26 Å². The van der Waals surface area contributed by atoms with Gasteiger partial charge in [-0.1, -0.05) is 28.9 Å². The molecule has 2 aromatic carbocycles. The molecule has 166 valence electrons. The van der Waals surface area contributed by atoms with E-state index in [1.807, 2.05) is 17.5 Å². The van der Waals surface area contributed by atoms with Crippen LogP contribution in [0.1, 0.15) is 10.8 Å². The maximum atomic E-state index is 12.5. The third-order valence-corrected chi connectivity index (χ3v) is 6.91. The average Bonchev–Trinajstić information content (AvgIpc) is 3.44. The van der Waals surface area contributed by atoms with Gasteiger partial charge in [0, 0.05) is 33.9 Å². The van der Waals surface area contributed by atoms with Gasteiger partial charge in [0.15, 0.2) is 5.82 Å². The molecule has 4 aromatic rings. The van der Waals surface area contributed by atoms with Gasteiger partial charge in [0.25, 0.3) is 10.0 Å². The predicted molar refractivity (Wildman–Crippen MR) is 128 cm³/mol. The van der Waals surface area contributed by atoms with E-state index < -0.39 is 10.0 Å². The van der Waals surface area contributed by atoms with Crippen LogP contribution in [0.4, 0.5) is 11.5 Å². The first kappa shape index (κ1) is 22.5. The summed E-state index contributed by atoms with van der Waals surface area (Å²) in [4.78, 5) is 4.59. The molecule has 0 spiro atoms. The fraction of sp³-hybridized carbons (Fsp3) is 0.0455. The zero-order valence-electron chi connectivity index (χ0n) is 17.1. The van der Waals surface area contributed by atoms with Crippen molar-refractivity contribution >= 4 is 50.0 Å². The van der Waals surface area contributed by atoms with Crippen LogP contribution in [0.2, 0.25) is 5.02 Å². The number of nitrogens with zero attached hydrogens (tertiary/aromatic N) is 3. The number of rotatable bonds is 7. The molecule has 2 aromatic heterocycles. The van der Waals surface area contributed by atoms with Gasteiger partial charge in [-0.15, -0.1) is 11.3 Å². The van der Waals surface area contributed by atoms with E-state index in [-0.39, 0.29) is 10.7 Å². The van der Waals surface area contributed by atoms with Crippen molar-refractivity contribution in [1.82, 2.24) is 10.1 Å². The van der Waals surface area contributed by atoms with Gasteiger partial charge < -0.3 is 9.84 Å². The largest absolute Gasteiger partial charge is 0.360 e. The van der Waals surface area contributed by atoms with E-state index in [1.54, 1.807) is 31.2 Å².